The molecular weight excluding hydrogens is 364 g/mol. The molecule has 2 aromatic rings. The van der Waals surface area contributed by atoms with E-state index in [0.717, 1.165) is 12.2 Å². The van der Waals surface area contributed by atoms with Gasteiger partial charge in [0, 0.05) is 13.1 Å². The molecule has 3 rings (SSSR count). The van der Waals surface area contributed by atoms with Crippen molar-refractivity contribution in [3.05, 3.63) is 58.4 Å². The summed E-state index contributed by atoms with van der Waals surface area (Å²) in [5, 5.41) is 0.536. The molecule has 7 heteroatoms. The van der Waals surface area contributed by atoms with Crippen LogP contribution in [0.3, 0.4) is 0 Å². The Morgan fingerprint density at radius 3 is 2.85 bits per heavy atom. The summed E-state index contributed by atoms with van der Waals surface area (Å²) >= 11 is 1.27. The predicted octanol–water partition coefficient (Wildman–Crippen LogP) is 4.39. The molecule has 2 heterocycles. The van der Waals surface area contributed by atoms with Gasteiger partial charge in [0.15, 0.2) is 5.17 Å². The predicted molar refractivity (Wildman–Crippen MR) is 106 cm³/mol. The van der Waals surface area contributed by atoms with Crippen molar-refractivity contribution < 1.29 is 18.7 Å². The molecule has 0 radical (unpaired) electrons. The number of aryl methyl sites for hydroxylation is 1. The maximum absolute atomic E-state index is 12.5. The maximum Gasteiger partial charge on any atom is 0.338 e. The summed E-state index contributed by atoms with van der Waals surface area (Å²) in [6.45, 7) is 4.17. The van der Waals surface area contributed by atoms with E-state index in [2.05, 4.69) is 4.99 Å². The molecular formula is C20H20N2O4S. The third-order valence-corrected chi connectivity index (χ3v) is 4.84. The average Bonchev–Trinajstić information content (AvgIpc) is 3.18. The Kier molecular flexibility index (Phi) is 5.81. The van der Waals surface area contributed by atoms with E-state index in [0.29, 0.717) is 33.7 Å². The molecule has 27 heavy (non-hydrogen) atoms. The summed E-state index contributed by atoms with van der Waals surface area (Å²) in [7, 11) is 1.67. The lowest BCUT2D eigenvalue weighted by atomic mass is 10.2. The van der Waals surface area contributed by atoms with Gasteiger partial charge in [0.25, 0.3) is 5.91 Å². The average molecular weight is 384 g/mol. The molecule has 1 aliphatic rings. The number of nitrogens with zero attached hydrogens (tertiary/aromatic N) is 2. The zero-order valence-corrected chi connectivity index (χ0v) is 16.2. The Bertz CT molecular complexity index is 930. The van der Waals surface area contributed by atoms with Gasteiger partial charge in [-0.2, -0.15) is 0 Å². The van der Waals surface area contributed by atoms with E-state index < -0.39 is 0 Å². The number of thioether (sulfide) groups is 1. The topological polar surface area (TPSA) is 72.1 Å². The summed E-state index contributed by atoms with van der Waals surface area (Å²) in [4.78, 5) is 31.0. The highest BCUT2D eigenvalue weighted by molar-refractivity contribution is 8.18. The van der Waals surface area contributed by atoms with E-state index in [1.165, 1.54) is 16.7 Å². The second-order valence-corrected chi connectivity index (χ2v) is 7.01. The number of amides is 1. The van der Waals surface area contributed by atoms with Crippen molar-refractivity contribution in [3.63, 3.8) is 0 Å². The normalized spacial score (nSPS) is 17.1. The number of hydrogen-bond acceptors (Lipinski definition) is 6. The number of carbonyl (C=O) groups excluding carboxylic acids is 2. The highest BCUT2D eigenvalue weighted by Gasteiger charge is 2.30. The number of amidine groups is 1. The van der Waals surface area contributed by atoms with E-state index in [1.54, 1.807) is 37.4 Å². The van der Waals surface area contributed by atoms with Gasteiger partial charge in [-0.25, -0.2) is 9.79 Å². The number of benzene rings is 1. The minimum atomic E-state index is -0.379. The van der Waals surface area contributed by atoms with Gasteiger partial charge in [-0.3, -0.25) is 9.69 Å². The molecule has 1 aliphatic heterocycles. The smallest absolute Gasteiger partial charge is 0.338 e. The van der Waals surface area contributed by atoms with Gasteiger partial charge in [0.1, 0.15) is 11.5 Å². The highest BCUT2D eigenvalue weighted by Crippen LogP contribution is 2.33. The Balaban J connectivity index is 1.82. The minimum Gasteiger partial charge on any atom is -0.462 e. The lowest BCUT2D eigenvalue weighted by Crippen LogP contribution is -2.23. The van der Waals surface area contributed by atoms with Crippen molar-refractivity contribution in [1.29, 1.82) is 0 Å². The largest absolute Gasteiger partial charge is 0.462 e. The molecule has 0 N–H and O–H groups in total. The molecule has 140 valence electrons. The van der Waals surface area contributed by atoms with Gasteiger partial charge < -0.3 is 9.15 Å². The maximum atomic E-state index is 12.5. The fraction of sp³-hybridized carbons (Fsp3) is 0.250. The second-order valence-electron chi connectivity index (χ2n) is 6.00. The summed E-state index contributed by atoms with van der Waals surface area (Å²) in [6.07, 6.45) is 2.47. The van der Waals surface area contributed by atoms with Crippen LogP contribution in [-0.2, 0) is 9.53 Å². The van der Waals surface area contributed by atoms with E-state index in [1.807, 2.05) is 26.0 Å². The first kappa shape index (κ1) is 19.0. The van der Waals surface area contributed by atoms with Gasteiger partial charge >= 0.3 is 5.97 Å². The van der Waals surface area contributed by atoms with Crippen LogP contribution in [0.4, 0.5) is 5.69 Å². The van der Waals surface area contributed by atoms with Gasteiger partial charge in [-0.15, -0.1) is 0 Å². The zero-order valence-electron chi connectivity index (χ0n) is 15.4. The summed E-state index contributed by atoms with van der Waals surface area (Å²) in [6, 6.07) is 10.5. The number of furan rings is 1. The first-order valence-corrected chi connectivity index (χ1v) is 9.39. The van der Waals surface area contributed by atoms with Crippen molar-refractivity contribution in [3.8, 4) is 0 Å². The van der Waals surface area contributed by atoms with Crippen LogP contribution in [0.5, 0.6) is 0 Å². The lowest BCUT2D eigenvalue weighted by molar-refractivity contribution is -0.121. The SMILES string of the molecule is CCCOC(=O)c1cccc(N=C2S/C(=C/c3ccc(C)o3)C(=O)N2C)c1. The second kappa shape index (κ2) is 8.26. The van der Waals surface area contributed by atoms with Crippen molar-refractivity contribution in [2.75, 3.05) is 13.7 Å². The minimum absolute atomic E-state index is 0.147. The monoisotopic (exact) mass is 384 g/mol. The number of likely N-dealkylation sites (N-methyl/N-ethyl adjacent to an activating group) is 1. The van der Waals surface area contributed by atoms with Crippen molar-refractivity contribution in [1.82, 2.24) is 4.90 Å². The number of aliphatic imine (C=N–C) groups is 1. The number of carbonyl (C=O) groups is 2. The van der Waals surface area contributed by atoms with Gasteiger partial charge in [0.2, 0.25) is 0 Å². The molecule has 1 aromatic carbocycles. The Hall–Kier alpha value is -2.80. The molecule has 0 bridgehead atoms. The first-order valence-electron chi connectivity index (χ1n) is 8.58. The van der Waals surface area contributed by atoms with E-state index in [4.69, 9.17) is 9.15 Å². The quantitative estimate of drug-likeness (QED) is 0.565. The fourth-order valence-electron chi connectivity index (χ4n) is 2.40. The molecule has 0 aliphatic carbocycles. The number of rotatable bonds is 5. The van der Waals surface area contributed by atoms with Crippen LogP contribution in [0.15, 0.2) is 50.7 Å². The summed E-state index contributed by atoms with van der Waals surface area (Å²) in [5.74, 6) is 0.882. The summed E-state index contributed by atoms with van der Waals surface area (Å²) in [5.41, 5.74) is 1.02. The standard InChI is InChI=1S/C20H20N2O4S/c1-4-10-25-19(24)14-6-5-7-15(11-14)21-20-22(3)18(23)17(27-20)12-16-9-8-13(2)26-16/h5-9,11-12H,4,10H2,1-3H3/b17-12+,21-20?. The molecule has 0 spiro atoms. The molecule has 1 fully saturated rings. The van der Waals surface area contributed by atoms with Crippen molar-refractivity contribution in [2.24, 2.45) is 4.99 Å². The van der Waals surface area contributed by atoms with Crippen LogP contribution in [0.2, 0.25) is 0 Å². The van der Waals surface area contributed by atoms with Crippen molar-refractivity contribution >= 4 is 40.6 Å². The van der Waals surface area contributed by atoms with E-state index >= 15 is 0 Å². The van der Waals surface area contributed by atoms with E-state index in [9.17, 15) is 9.59 Å². The first-order chi connectivity index (χ1) is 13.0. The molecule has 6 nitrogen and oxygen atoms in total. The molecule has 0 atom stereocenters. The third kappa shape index (κ3) is 4.49. The lowest BCUT2D eigenvalue weighted by Gasteiger charge is -2.08. The molecule has 0 saturated carbocycles. The Morgan fingerprint density at radius 1 is 1.33 bits per heavy atom. The number of hydrogen-bond donors (Lipinski definition) is 0. The van der Waals surface area contributed by atoms with E-state index in [-0.39, 0.29) is 11.9 Å². The summed E-state index contributed by atoms with van der Waals surface area (Å²) < 4.78 is 10.7. The zero-order chi connectivity index (χ0) is 19.4. The number of esters is 1. The van der Waals surface area contributed by atoms with Crippen LogP contribution in [0, 0.1) is 6.92 Å². The van der Waals surface area contributed by atoms with Crippen LogP contribution in [0.1, 0.15) is 35.2 Å². The van der Waals surface area contributed by atoms with Crippen LogP contribution in [0.25, 0.3) is 6.08 Å². The fourth-order valence-corrected chi connectivity index (χ4v) is 3.37. The molecule has 1 aromatic heterocycles. The Morgan fingerprint density at radius 2 is 2.15 bits per heavy atom. The molecule has 1 saturated heterocycles. The highest BCUT2D eigenvalue weighted by atomic mass is 32.2. The third-order valence-electron chi connectivity index (χ3n) is 3.78. The van der Waals surface area contributed by atoms with Gasteiger partial charge in [0.05, 0.1) is 22.8 Å². The molecule has 0 unspecified atom stereocenters. The van der Waals surface area contributed by atoms with Gasteiger partial charge in [-0.05, 0) is 55.4 Å². The van der Waals surface area contributed by atoms with Crippen LogP contribution >= 0.6 is 11.8 Å². The van der Waals surface area contributed by atoms with Gasteiger partial charge in [-0.1, -0.05) is 13.0 Å². The Labute approximate surface area is 161 Å². The van der Waals surface area contributed by atoms with Crippen molar-refractivity contribution in [2.45, 2.75) is 20.3 Å². The van der Waals surface area contributed by atoms with Crippen LogP contribution in [-0.4, -0.2) is 35.6 Å². The number of ether oxygens (including phenoxy) is 1. The van der Waals surface area contributed by atoms with Crippen LogP contribution < -0.4 is 0 Å². The molecule has 1 amide bonds.